The number of benzene rings is 1. The first kappa shape index (κ1) is 14.4. The molecule has 2 aliphatic carbocycles. The lowest BCUT2D eigenvalue weighted by Gasteiger charge is -2.31. The van der Waals surface area contributed by atoms with Gasteiger partial charge in [0, 0.05) is 30.6 Å². The van der Waals surface area contributed by atoms with Crippen LogP contribution in [0.5, 0.6) is 0 Å². The van der Waals surface area contributed by atoms with E-state index in [1.165, 1.54) is 49.2 Å². The van der Waals surface area contributed by atoms with Crippen LogP contribution in [0.4, 0.5) is 0 Å². The Balaban J connectivity index is 1.72. The van der Waals surface area contributed by atoms with Crippen molar-refractivity contribution in [3.05, 3.63) is 29.8 Å². The number of thioether (sulfide) groups is 1. The Kier molecular flexibility index (Phi) is 4.69. The van der Waals surface area contributed by atoms with Crippen molar-refractivity contribution in [3.63, 3.8) is 0 Å². The molecule has 3 heteroatoms. The van der Waals surface area contributed by atoms with Gasteiger partial charge in [-0.1, -0.05) is 12.1 Å². The van der Waals surface area contributed by atoms with E-state index in [2.05, 4.69) is 35.4 Å². The molecular formula is C17H26N2S. The fourth-order valence-electron chi connectivity index (χ4n) is 2.92. The normalized spacial score (nSPS) is 20.4. The van der Waals surface area contributed by atoms with Gasteiger partial charge in [-0.15, -0.1) is 11.8 Å². The van der Waals surface area contributed by atoms with Crippen molar-refractivity contribution < 1.29 is 0 Å². The number of hydrogen-bond donors (Lipinski definition) is 1. The number of nitrogens with zero attached hydrogens (tertiary/aromatic N) is 1. The minimum Gasteiger partial charge on any atom is -0.329 e. The third-order valence-corrected chi connectivity index (χ3v) is 5.29. The molecule has 1 aromatic rings. The van der Waals surface area contributed by atoms with Crippen molar-refractivity contribution in [2.75, 3.05) is 25.9 Å². The molecule has 2 N–H and O–H groups in total. The summed E-state index contributed by atoms with van der Waals surface area (Å²) in [6, 6.07) is 9.42. The van der Waals surface area contributed by atoms with Crippen molar-refractivity contribution in [2.24, 2.45) is 17.6 Å². The molecule has 2 fully saturated rings. The molecule has 0 spiro atoms. The van der Waals surface area contributed by atoms with Crippen molar-refractivity contribution in [1.29, 1.82) is 0 Å². The first-order valence-corrected chi connectivity index (χ1v) is 9.10. The summed E-state index contributed by atoms with van der Waals surface area (Å²) in [6.45, 7) is 3.24. The van der Waals surface area contributed by atoms with Crippen LogP contribution in [-0.4, -0.2) is 30.8 Å². The summed E-state index contributed by atoms with van der Waals surface area (Å²) in [7, 11) is 0. The Hall–Kier alpha value is -0.510. The van der Waals surface area contributed by atoms with Crippen LogP contribution in [0, 0.1) is 11.8 Å². The second-order valence-corrected chi connectivity index (χ2v) is 7.24. The van der Waals surface area contributed by atoms with E-state index in [0.717, 1.165) is 18.4 Å². The predicted molar refractivity (Wildman–Crippen MR) is 87.0 cm³/mol. The third-order valence-electron chi connectivity index (χ3n) is 4.54. The smallest absolute Gasteiger partial charge is 0.0470 e. The van der Waals surface area contributed by atoms with Gasteiger partial charge >= 0.3 is 0 Å². The van der Waals surface area contributed by atoms with Gasteiger partial charge in [-0.2, -0.15) is 0 Å². The Labute approximate surface area is 127 Å². The second kappa shape index (κ2) is 6.50. The van der Waals surface area contributed by atoms with Crippen LogP contribution in [0.15, 0.2) is 29.2 Å². The van der Waals surface area contributed by atoms with Crippen LogP contribution < -0.4 is 5.73 Å². The lowest BCUT2D eigenvalue weighted by atomic mass is 10.0. The Morgan fingerprint density at radius 2 is 1.65 bits per heavy atom. The largest absolute Gasteiger partial charge is 0.329 e. The van der Waals surface area contributed by atoms with Gasteiger partial charge in [-0.25, -0.2) is 0 Å². The van der Waals surface area contributed by atoms with Crippen molar-refractivity contribution in [1.82, 2.24) is 4.90 Å². The highest BCUT2D eigenvalue weighted by molar-refractivity contribution is 7.98. The number of nitrogens with two attached hydrogens (primary N) is 1. The molecule has 1 atom stereocenters. The molecule has 0 aromatic heterocycles. The summed E-state index contributed by atoms with van der Waals surface area (Å²) in [4.78, 5) is 4.00. The van der Waals surface area contributed by atoms with Gasteiger partial charge in [0.1, 0.15) is 0 Å². The van der Waals surface area contributed by atoms with E-state index in [9.17, 15) is 0 Å². The SMILES string of the molecule is CSc1ccc(C(CN)N(CC2CC2)CC2CC2)cc1. The zero-order valence-corrected chi connectivity index (χ0v) is 13.2. The Morgan fingerprint density at radius 3 is 2.05 bits per heavy atom. The highest BCUT2D eigenvalue weighted by atomic mass is 32.2. The van der Waals surface area contributed by atoms with Gasteiger partial charge < -0.3 is 5.73 Å². The maximum absolute atomic E-state index is 6.12. The summed E-state index contributed by atoms with van der Waals surface area (Å²) in [6.07, 6.45) is 7.81. The quantitative estimate of drug-likeness (QED) is 0.743. The second-order valence-electron chi connectivity index (χ2n) is 6.37. The highest BCUT2D eigenvalue weighted by Crippen LogP contribution is 2.37. The maximum atomic E-state index is 6.12. The van der Waals surface area contributed by atoms with Gasteiger partial charge in [-0.05, 0) is 61.5 Å². The molecule has 0 amide bonds. The average Bonchev–Trinajstić information content (AvgIpc) is 3.36. The van der Waals surface area contributed by atoms with Crippen molar-refractivity contribution >= 4 is 11.8 Å². The number of hydrogen-bond acceptors (Lipinski definition) is 3. The summed E-state index contributed by atoms with van der Waals surface area (Å²) in [5, 5.41) is 0. The zero-order chi connectivity index (χ0) is 13.9. The molecular weight excluding hydrogens is 264 g/mol. The summed E-state index contributed by atoms with van der Waals surface area (Å²) < 4.78 is 0. The van der Waals surface area contributed by atoms with Crippen molar-refractivity contribution in [2.45, 2.75) is 36.6 Å². The van der Waals surface area contributed by atoms with Crippen LogP contribution in [0.1, 0.15) is 37.3 Å². The maximum Gasteiger partial charge on any atom is 0.0470 e. The summed E-state index contributed by atoms with van der Waals surface area (Å²) >= 11 is 1.80. The van der Waals surface area contributed by atoms with Gasteiger partial charge in [0.25, 0.3) is 0 Å². The van der Waals surface area contributed by atoms with Gasteiger partial charge in [0.2, 0.25) is 0 Å². The molecule has 3 rings (SSSR count). The molecule has 2 nitrogen and oxygen atoms in total. The molecule has 0 saturated heterocycles. The fraction of sp³-hybridized carbons (Fsp3) is 0.647. The first-order chi connectivity index (χ1) is 9.80. The van der Waals surface area contributed by atoms with E-state index in [4.69, 9.17) is 5.73 Å². The van der Waals surface area contributed by atoms with E-state index in [0.29, 0.717) is 6.04 Å². The van der Waals surface area contributed by atoms with Crippen LogP contribution in [0.25, 0.3) is 0 Å². The molecule has 0 bridgehead atoms. The third kappa shape index (κ3) is 3.78. The molecule has 0 aliphatic heterocycles. The van der Waals surface area contributed by atoms with E-state index in [1.54, 1.807) is 11.8 Å². The van der Waals surface area contributed by atoms with E-state index >= 15 is 0 Å². The Bertz CT molecular complexity index is 409. The van der Waals surface area contributed by atoms with E-state index in [1.807, 2.05) is 0 Å². The topological polar surface area (TPSA) is 29.3 Å². The molecule has 110 valence electrons. The van der Waals surface area contributed by atoms with Gasteiger partial charge in [-0.3, -0.25) is 4.90 Å². The predicted octanol–water partition coefficient (Wildman–Crippen LogP) is 3.53. The van der Waals surface area contributed by atoms with Crippen LogP contribution >= 0.6 is 11.8 Å². The Morgan fingerprint density at radius 1 is 1.10 bits per heavy atom. The fourth-order valence-corrected chi connectivity index (χ4v) is 3.32. The molecule has 0 heterocycles. The van der Waals surface area contributed by atoms with Gasteiger partial charge in [0.15, 0.2) is 0 Å². The lowest BCUT2D eigenvalue weighted by molar-refractivity contribution is 0.185. The molecule has 1 aromatic carbocycles. The van der Waals surface area contributed by atoms with Gasteiger partial charge in [0.05, 0.1) is 0 Å². The summed E-state index contributed by atoms with van der Waals surface area (Å²) in [5.74, 6) is 1.88. The minimum absolute atomic E-state index is 0.409. The molecule has 20 heavy (non-hydrogen) atoms. The number of rotatable bonds is 8. The minimum atomic E-state index is 0.409. The monoisotopic (exact) mass is 290 g/mol. The van der Waals surface area contributed by atoms with Crippen molar-refractivity contribution in [3.8, 4) is 0 Å². The molecule has 2 saturated carbocycles. The highest BCUT2D eigenvalue weighted by Gasteiger charge is 2.32. The van der Waals surface area contributed by atoms with Crippen LogP contribution in [0.3, 0.4) is 0 Å². The zero-order valence-electron chi connectivity index (χ0n) is 12.4. The molecule has 0 radical (unpaired) electrons. The lowest BCUT2D eigenvalue weighted by Crippen LogP contribution is -2.36. The van der Waals surface area contributed by atoms with E-state index < -0.39 is 0 Å². The molecule has 2 aliphatic rings. The first-order valence-electron chi connectivity index (χ1n) is 7.88. The summed E-state index contributed by atoms with van der Waals surface area (Å²) in [5.41, 5.74) is 7.52. The van der Waals surface area contributed by atoms with Crippen LogP contribution in [-0.2, 0) is 0 Å². The van der Waals surface area contributed by atoms with Crippen LogP contribution in [0.2, 0.25) is 0 Å². The average molecular weight is 290 g/mol. The standard InChI is InChI=1S/C17H26N2S/c1-20-16-8-6-15(7-9-16)17(10-18)19(11-13-2-3-13)12-14-4-5-14/h6-9,13-14,17H,2-5,10-12,18H2,1H3. The van der Waals surface area contributed by atoms with E-state index in [-0.39, 0.29) is 0 Å². The molecule has 1 unspecified atom stereocenters.